The lowest BCUT2D eigenvalue weighted by molar-refractivity contribution is -0.384. The minimum atomic E-state index is -0.599. The first-order valence-electron chi connectivity index (χ1n) is 9.25. The van der Waals surface area contributed by atoms with Crippen LogP contribution in [0.25, 0.3) is 5.82 Å². The summed E-state index contributed by atoms with van der Waals surface area (Å²) in [5.41, 5.74) is -0.0385. The quantitative estimate of drug-likeness (QED) is 0.453. The number of likely N-dealkylation sites (tertiary alicyclic amines) is 1. The van der Waals surface area contributed by atoms with Gasteiger partial charge in [-0.3, -0.25) is 14.9 Å². The van der Waals surface area contributed by atoms with Crippen molar-refractivity contribution in [2.24, 2.45) is 0 Å². The van der Waals surface area contributed by atoms with Gasteiger partial charge in [-0.25, -0.2) is 4.68 Å². The molecule has 1 aliphatic heterocycles. The Morgan fingerprint density at radius 1 is 1.20 bits per heavy atom. The molecule has 30 heavy (non-hydrogen) atoms. The summed E-state index contributed by atoms with van der Waals surface area (Å²) in [5.74, 6) is 0.727. The molecule has 0 spiro atoms. The number of hydrogen-bond donors (Lipinski definition) is 0. The highest BCUT2D eigenvalue weighted by Crippen LogP contribution is 2.26. The number of amides is 1. The van der Waals surface area contributed by atoms with Crippen LogP contribution in [0.2, 0.25) is 5.02 Å². The molecule has 0 N–H and O–H groups in total. The smallest absolute Gasteiger partial charge is 0.288 e. The second-order valence-electron chi connectivity index (χ2n) is 6.71. The second kappa shape index (κ2) is 8.46. The number of carbonyl (C=O) groups is 1. The number of nitro benzene ring substituents is 1. The van der Waals surface area contributed by atoms with E-state index in [1.165, 1.54) is 18.2 Å². The van der Waals surface area contributed by atoms with Crippen molar-refractivity contribution < 1.29 is 14.5 Å². The number of nitrogens with zero attached hydrogens (tertiary/aromatic N) is 6. The van der Waals surface area contributed by atoms with E-state index in [2.05, 4.69) is 15.3 Å². The number of rotatable bonds is 5. The van der Waals surface area contributed by atoms with Crippen molar-refractivity contribution in [1.82, 2.24) is 24.9 Å². The Balaban J connectivity index is 1.34. The van der Waals surface area contributed by atoms with Crippen molar-refractivity contribution in [3.8, 4) is 11.7 Å². The van der Waals surface area contributed by atoms with Crippen LogP contribution in [0, 0.1) is 10.1 Å². The first-order chi connectivity index (χ1) is 14.5. The second-order valence-corrected chi connectivity index (χ2v) is 7.12. The Morgan fingerprint density at radius 2 is 2.00 bits per heavy atom. The SMILES string of the molecule is O=C(c1ccc(Cl)c([N+](=O)[O-])c1)N1CCC(Oc2ccc(-n3cccn3)nn2)CC1. The molecule has 1 saturated heterocycles. The van der Waals surface area contributed by atoms with E-state index in [0.29, 0.717) is 37.6 Å². The summed E-state index contributed by atoms with van der Waals surface area (Å²) in [6.07, 6.45) is 4.56. The molecule has 1 aliphatic rings. The molecule has 10 nitrogen and oxygen atoms in total. The molecule has 1 fully saturated rings. The maximum Gasteiger partial charge on any atom is 0.288 e. The average Bonchev–Trinajstić information content (AvgIpc) is 3.29. The van der Waals surface area contributed by atoms with E-state index >= 15 is 0 Å². The Kier molecular flexibility index (Phi) is 5.57. The van der Waals surface area contributed by atoms with Gasteiger partial charge in [-0.05, 0) is 24.3 Å². The van der Waals surface area contributed by atoms with Gasteiger partial charge in [-0.1, -0.05) is 11.6 Å². The molecule has 0 unspecified atom stereocenters. The molecule has 3 heterocycles. The van der Waals surface area contributed by atoms with Crippen molar-refractivity contribution in [3.05, 3.63) is 69.5 Å². The van der Waals surface area contributed by atoms with Crippen LogP contribution in [0.1, 0.15) is 23.2 Å². The molecule has 2 aromatic heterocycles. The Labute approximate surface area is 176 Å². The first-order valence-corrected chi connectivity index (χ1v) is 9.62. The van der Waals surface area contributed by atoms with E-state index in [9.17, 15) is 14.9 Å². The molecular formula is C19H17ClN6O4. The number of ether oxygens (including phenoxy) is 1. The molecule has 1 amide bonds. The maximum absolute atomic E-state index is 12.7. The van der Waals surface area contributed by atoms with E-state index in [1.807, 2.05) is 0 Å². The highest BCUT2D eigenvalue weighted by Gasteiger charge is 2.26. The highest BCUT2D eigenvalue weighted by atomic mass is 35.5. The Bertz CT molecular complexity index is 1050. The number of carbonyl (C=O) groups excluding carboxylic acids is 1. The van der Waals surface area contributed by atoms with Crippen LogP contribution < -0.4 is 4.74 Å². The highest BCUT2D eigenvalue weighted by molar-refractivity contribution is 6.32. The van der Waals surface area contributed by atoms with Gasteiger partial charge in [0.05, 0.1) is 4.92 Å². The van der Waals surface area contributed by atoms with Gasteiger partial charge in [0.1, 0.15) is 11.1 Å². The summed E-state index contributed by atoms with van der Waals surface area (Å²) in [6.45, 7) is 0.942. The zero-order chi connectivity index (χ0) is 21.1. The van der Waals surface area contributed by atoms with E-state index in [-0.39, 0.29) is 28.3 Å². The number of halogens is 1. The molecular weight excluding hydrogens is 412 g/mol. The molecule has 0 saturated carbocycles. The molecule has 3 aromatic rings. The van der Waals surface area contributed by atoms with Crippen LogP contribution in [0.3, 0.4) is 0 Å². The molecule has 0 atom stereocenters. The summed E-state index contributed by atoms with van der Waals surface area (Å²) in [6, 6.07) is 9.37. The predicted octanol–water partition coefficient (Wildman–Crippen LogP) is 2.91. The van der Waals surface area contributed by atoms with Crippen molar-refractivity contribution in [1.29, 1.82) is 0 Å². The normalized spacial score (nSPS) is 14.5. The summed E-state index contributed by atoms with van der Waals surface area (Å²) in [4.78, 5) is 24.8. The Hall–Kier alpha value is -3.53. The van der Waals surface area contributed by atoms with Crippen LogP contribution in [0.4, 0.5) is 5.69 Å². The van der Waals surface area contributed by atoms with Gasteiger partial charge in [0.2, 0.25) is 5.88 Å². The standard InChI is InChI=1S/C19H17ClN6O4/c20-15-3-2-13(12-16(15)26(28)29)19(27)24-10-6-14(7-11-24)30-18-5-4-17(22-23-18)25-9-1-8-21-25/h1-5,8-9,12,14H,6-7,10-11H2. The van der Waals surface area contributed by atoms with Gasteiger partial charge in [0, 0.05) is 56.0 Å². The first kappa shape index (κ1) is 19.8. The van der Waals surface area contributed by atoms with Gasteiger partial charge >= 0.3 is 0 Å². The van der Waals surface area contributed by atoms with Gasteiger partial charge < -0.3 is 9.64 Å². The lowest BCUT2D eigenvalue weighted by Crippen LogP contribution is -2.41. The van der Waals surface area contributed by atoms with Crippen LogP contribution in [-0.2, 0) is 0 Å². The number of hydrogen-bond acceptors (Lipinski definition) is 7. The number of aromatic nitrogens is 4. The lowest BCUT2D eigenvalue weighted by Gasteiger charge is -2.31. The van der Waals surface area contributed by atoms with E-state index < -0.39 is 4.92 Å². The monoisotopic (exact) mass is 428 g/mol. The van der Waals surface area contributed by atoms with Gasteiger partial charge in [0.25, 0.3) is 11.6 Å². The van der Waals surface area contributed by atoms with Crippen LogP contribution in [0.5, 0.6) is 5.88 Å². The van der Waals surface area contributed by atoms with Crippen LogP contribution in [-0.4, -0.2) is 54.9 Å². The summed E-state index contributed by atoms with van der Waals surface area (Å²) in [7, 11) is 0. The fraction of sp³-hybridized carbons (Fsp3) is 0.263. The summed E-state index contributed by atoms with van der Waals surface area (Å²) >= 11 is 5.82. The minimum Gasteiger partial charge on any atom is -0.473 e. The van der Waals surface area contributed by atoms with E-state index in [4.69, 9.17) is 16.3 Å². The number of nitro groups is 1. The molecule has 154 valence electrons. The molecule has 1 aromatic carbocycles. The molecule has 0 aliphatic carbocycles. The molecule has 11 heteroatoms. The van der Waals surface area contributed by atoms with Gasteiger partial charge in [0.15, 0.2) is 5.82 Å². The topological polar surface area (TPSA) is 116 Å². The van der Waals surface area contributed by atoms with Crippen LogP contribution in [0.15, 0.2) is 48.8 Å². The van der Waals surface area contributed by atoms with Crippen molar-refractivity contribution >= 4 is 23.2 Å². The lowest BCUT2D eigenvalue weighted by atomic mass is 10.1. The van der Waals surface area contributed by atoms with Gasteiger partial charge in [-0.2, -0.15) is 5.10 Å². The van der Waals surface area contributed by atoms with E-state index in [1.54, 1.807) is 40.2 Å². The number of benzene rings is 1. The van der Waals surface area contributed by atoms with Crippen molar-refractivity contribution in [3.63, 3.8) is 0 Å². The largest absolute Gasteiger partial charge is 0.473 e. The maximum atomic E-state index is 12.7. The summed E-state index contributed by atoms with van der Waals surface area (Å²) < 4.78 is 7.48. The van der Waals surface area contributed by atoms with E-state index in [0.717, 1.165) is 0 Å². The zero-order valence-corrected chi connectivity index (χ0v) is 16.5. The fourth-order valence-corrected chi connectivity index (χ4v) is 3.40. The Morgan fingerprint density at radius 3 is 2.63 bits per heavy atom. The van der Waals surface area contributed by atoms with Crippen LogP contribution >= 0.6 is 11.6 Å². The third-order valence-corrected chi connectivity index (χ3v) is 5.09. The zero-order valence-electron chi connectivity index (χ0n) is 15.7. The predicted molar refractivity (Wildman–Crippen MR) is 107 cm³/mol. The third kappa shape index (κ3) is 4.23. The third-order valence-electron chi connectivity index (χ3n) is 4.77. The van der Waals surface area contributed by atoms with Gasteiger partial charge in [-0.15, -0.1) is 10.2 Å². The molecule has 0 bridgehead atoms. The molecule has 4 rings (SSSR count). The number of piperidine rings is 1. The van der Waals surface area contributed by atoms with Crippen molar-refractivity contribution in [2.45, 2.75) is 18.9 Å². The fourth-order valence-electron chi connectivity index (χ4n) is 3.22. The minimum absolute atomic E-state index is 0.00310. The summed E-state index contributed by atoms with van der Waals surface area (Å²) in [5, 5.41) is 23.3. The average molecular weight is 429 g/mol. The van der Waals surface area contributed by atoms with Crippen molar-refractivity contribution in [2.75, 3.05) is 13.1 Å². The molecule has 0 radical (unpaired) electrons.